The lowest BCUT2D eigenvalue weighted by atomic mass is 10.2. The highest BCUT2D eigenvalue weighted by molar-refractivity contribution is 7.09. The number of nitrogens with one attached hydrogen (secondary N) is 2. The lowest BCUT2D eigenvalue weighted by Crippen LogP contribution is -2.36. The van der Waals surface area contributed by atoms with Crippen LogP contribution >= 0.6 is 11.3 Å². The van der Waals surface area contributed by atoms with Gasteiger partial charge in [-0.25, -0.2) is 4.98 Å². The van der Waals surface area contributed by atoms with E-state index < -0.39 is 0 Å². The number of aromatic nitrogens is 1. The molecular weight excluding hydrogens is 298 g/mol. The van der Waals surface area contributed by atoms with Crippen molar-refractivity contribution in [1.82, 2.24) is 15.6 Å². The minimum atomic E-state index is -0.207. The SMILES string of the molecule is CCCC(=O)NCC(=O)NCc1nc(-c2ccccc2)cs1. The van der Waals surface area contributed by atoms with E-state index in [2.05, 4.69) is 15.6 Å². The van der Waals surface area contributed by atoms with Crippen molar-refractivity contribution in [3.8, 4) is 11.3 Å². The number of hydrogen-bond acceptors (Lipinski definition) is 4. The van der Waals surface area contributed by atoms with Gasteiger partial charge >= 0.3 is 0 Å². The molecule has 0 spiro atoms. The zero-order valence-electron chi connectivity index (χ0n) is 12.5. The molecule has 0 radical (unpaired) electrons. The van der Waals surface area contributed by atoms with E-state index in [1.54, 1.807) is 0 Å². The van der Waals surface area contributed by atoms with Crippen LogP contribution in [0.15, 0.2) is 35.7 Å². The molecule has 22 heavy (non-hydrogen) atoms. The van der Waals surface area contributed by atoms with Crippen LogP contribution in [-0.2, 0) is 16.1 Å². The van der Waals surface area contributed by atoms with Gasteiger partial charge < -0.3 is 10.6 Å². The van der Waals surface area contributed by atoms with Gasteiger partial charge in [0.2, 0.25) is 11.8 Å². The van der Waals surface area contributed by atoms with Gasteiger partial charge in [0.1, 0.15) is 5.01 Å². The smallest absolute Gasteiger partial charge is 0.239 e. The second kappa shape index (κ2) is 8.29. The minimum Gasteiger partial charge on any atom is -0.348 e. The highest BCUT2D eigenvalue weighted by Crippen LogP contribution is 2.21. The van der Waals surface area contributed by atoms with Gasteiger partial charge in [-0.3, -0.25) is 9.59 Å². The quantitative estimate of drug-likeness (QED) is 0.823. The van der Waals surface area contributed by atoms with E-state index in [1.807, 2.05) is 42.6 Å². The molecule has 0 aliphatic rings. The Labute approximate surface area is 133 Å². The highest BCUT2D eigenvalue weighted by Gasteiger charge is 2.07. The molecule has 0 saturated carbocycles. The fourth-order valence-electron chi connectivity index (χ4n) is 1.86. The predicted octanol–water partition coefficient (Wildman–Crippen LogP) is 2.34. The first kappa shape index (κ1) is 16.2. The molecule has 1 aromatic heterocycles. The molecule has 1 aromatic carbocycles. The first-order valence-corrected chi connectivity index (χ1v) is 8.10. The van der Waals surface area contributed by atoms with Gasteiger partial charge in [0.05, 0.1) is 18.8 Å². The Morgan fingerprint density at radius 3 is 2.64 bits per heavy atom. The molecule has 2 aromatic rings. The van der Waals surface area contributed by atoms with E-state index in [-0.39, 0.29) is 18.4 Å². The van der Waals surface area contributed by atoms with Crippen LogP contribution in [0.2, 0.25) is 0 Å². The summed E-state index contributed by atoms with van der Waals surface area (Å²) in [5, 5.41) is 8.15. The summed E-state index contributed by atoms with van der Waals surface area (Å²) in [4.78, 5) is 27.4. The highest BCUT2D eigenvalue weighted by atomic mass is 32.1. The van der Waals surface area contributed by atoms with E-state index in [0.717, 1.165) is 22.7 Å². The minimum absolute atomic E-state index is 0.00967. The molecule has 116 valence electrons. The number of hydrogen-bond donors (Lipinski definition) is 2. The van der Waals surface area contributed by atoms with Crippen molar-refractivity contribution < 1.29 is 9.59 Å². The van der Waals surface area contributed by atoms with E-state index in [9.17, 15) is 9.59 Å². The Balaban J connectivity index is 1.79. The summed E-state index contributed by atoms with van der Waals surface area (Å²) < 4.78 is 0. The van der Waals surface area contributed by atoms with Gasteiger partial charge in [0.25, 0.3) is 0 Å². The molecule has 0 unspecified atom stereocenters. The fraction of sp³-hybridized carbons (Fsp3) is 0.312. The monoisotopic (exact) mass is 317 g/mol. The van der Waals surface area contributed by atoms with Crippen LogP contribution in [0.4, 0.5) is 0 Å². The third kappa shape index (κ3) is 4.96. The molecule has 1 heterocycles. The van der Waals surface area contributed by atoms with Crippen molar-refractivity contribution in [3.63, 3.8) is 0 Å². The third-order valence-corrected chi connectivity index (χ3v) is 3.83. The van der Waals surface area contributed by atoms with Crippen LogP contribution in [-0.4, -0.2) is 23.3 Å². The Kier molecular flexibility index (Phi) is 6.09. The maximum Gasteiger partial charge on any atom is 0.239 e. The Morgan fingerprint density at radius 2 is 1.91 bits per heavy atom. The van der Waals surface area contributed by atoms with Gasteiger partial charge in [-0.1, -0.05) is 37.3 Å². The summed E-state index contributed by atoms with van der Waals surface area (Å²) in [5.41, 5.74) is 1.97. The summed E-state index contributed by atoms with van der Waals surface area (Å²) >= 11 is 1.51. The average Bonchev–Trinajstić information content (AvgIpc) is 3.01. The van der Waals surface area contributed by atoms with Crippen molar-refractivity contribution in [2.45, 2.75) is 26.3 Å². The van der Waals surface area contributed by atoms with Gasteiger partial charge in [-0.05, 0) is 6.42 Å². The van der Waals surface area contributed by atoms with Crippen LogP contribution in [0, 0.1) is 0 Å². The molecule has 0 aliphatic carbocycles. The topological polar surface area (TPSA) is 71.1 Å². The molecule has 5 nitrogen and oxygen atoms in total. The largest absolute Gasteiger partial charge is 0.348 e. The number of nitrogens with zero attached hydrogens (tertiary/aromatic N) is 1. The first-order chi connectivity index (χ1) is 10.7. The van der Waals surface area contributed by atoms with Crippen molar-refractivity contribution in [1.29, 1.82) is 0 Å². The van der Waals surface area contributed by atoms with E-state index in [4.69, 9.17) is 0 Å². The van der Waals surface area contributed by atoms with Gasteiger partial charge in [-0.2, -0.15) is 0 Å². The maximum absolute atomic E-state index is 11.7. The Morgan fingerprint density at radius 1 is 1.14 bits per heavy atom. The summed E-state index contributed by atoms with van der Waals surface area (Å²) in [7, 11) is 0. The molecule has 2 amide bonds. The van der Waals surface area contributed by atoms with Crippen molar-refractivity contribution in [2.24, 2.45) is 0 Å². The van der Waals surface area contributed by atoms with E-state index in [1.165, 1.54) is 11.3 Å². The molecule has 0 atom stereocenters. The van der Waals surface area contributed by atoms with Crippen molar-refractivity contribution in [2.75, 3.05) is 6.54 Å². The van der Waals surface area contributed by atoms with Crippen LogP contribution in [0.1, 0.15) is 24.8 Å². The molecule has 2 N–H and O–H groups in total. The molecule has 6 heteroatoms. The fourth-order valence-corrected chi connectivity index (χ4v) is 2.61. The molecule has 0 fully saturated rings. The summed E-state index contributed by atoms with van der Waals surface area (Å²) in [5.74, 6) is -0.306. The number of thiazole rings is 1. The normalized spacial score (nSPS) is 10.2. The maximum atomic E-state index is 11.7. The van der Waals surface area contributed by atoms with Crippen molar-refractivity contribution >= 4 is 23.2 Å². The Bertz CT molecular complexity index is 625. The lowest BCUT2D eigenvalue weighted by Gasteiger charge is -2.05. The third-order valence-electron chi connectivity index (χ3n) is 2.98. The van der Waals surface area contributed by atoms with Gasteiger partial charge in [0.15, 0.2) is 0 Å². The second-order valence-corrected chi connectivity index (χ2v) is 5.74. The number of rotatable bonds is 7. The van der Waals surface area contributed by atoms with Crippen LogP contribution in [0.25, 0.3) is 11.3 Å². The van der Waals surface area contributed by atoms with E-state index in [0.29, 0.717) is 13.0 Å². The lowest BCUT2D eigenvalue weighted by molar-refractivity contribution is -0.126. The van der Waals surface area contributed by atoms with Crippen LogP contribution in [0.3, 0.4) is 0 Å². The average molecular weight is 317 g/mol. The predicted molar refractivity (Wildman–Crippen MR) is 87.3 cm³/mol. The zero-order valence-corrected chi connectivity index (χ0v) is 13.3. The van der Waals surface area contributed by atoms with Crippen LogP contribution < -0.4 is 10.6 Å². The summed E-state index contributed by atoms with van der Waals surface area (Å²) in [6.07, 6.45) is 1.22. The van der Waals surface area contributed by atoms with Gasteiger partial charge in [0, 0.05) is 17.4 Å². The van der Waals surface area contributed by atoms with Gasteiger partial charge in [-0.15, -0.1) is 11.3 Å². The molecule has 0 bridgehead atoms. The first-order valence-electron chi connectivity index (χ1n) is 7.22. The molecule has 0 aliphatic heterocycles. The number of carbonyl (C=O) groups excluding carboxylic acids is 2. The molecular formula is C16H19N3O2S. The summed E-state index contributed by atoms with van der Waals surface area (Å²) in [6, 6.07) is 9.90. The van der Waals surface area contributed by atoms with E-state index >= 15 is 0 Å². The van der Waals surface area contributed by atoms with Crippen molar-refractivity contribution in [3.05, 3.63) is 40.7 Å². The molecule has 2 rings (SSSR count). The Hall–Kier alpha value is -2.21. The number of carbonyl (C=O) groups is 2. The van der Waals surface area contributed by atoms with Crippen LogP contribution in [0.5, 0.6) is 0 Å². The number of amides is 2. The standard InChI is InChI=1S/C16H19N3O2S/c1-2-6-14(20)17-9-15(21)18-10-16-19-13(11-22-16)12-7-4-3-5-8-12/h3-5,7-8,11H,2,6,9-10H2,1H3,(H,17,20)(H,18,21). The molecule has 0 saturated heterocycles. The number of benzene rings is 1. The second-order valence-electron chi connectivity index (χ2n) is 4.80. The summed E-state index contributed by atoms with van der Waals surface area (Å²) in [6.45, 7) is 2.31. The zero-order chi connectivity index (χ0) is 15.8.